The Labute approximate surface area is 140 Å². The number of esters is 1. The molecule has 0 aromatic heterocycles. The first kappa shape index (κ1) is 17.3. The second kappa shape index (κ2) is 7.50. The molecule has 2 nitrogen and oxygen atoms in total. The lowest BCUT2D eigenvalue weighted by molar-refractivity contribution is -0.134. The quantitative estimate of drug-likeness (QED) is 0.453. The standard InChI is InChI=1S/C20H23BO2/c1-13(2)16-11-8-12-17(14(3)4)19(16)23-20(22)18(21)15-9-6-5-7-10-15/h5-14,18H,1-4H3. The third-order valence-electron chi connectivity index (χ3n) is 3.94. The van der Waals surface area contributed by atoms with Crippen LogP contribution in [0.15, 0.2) is 48.5 Å². The van der Waals surface area contributed by atoms with Gasteiger partial charge in [0.05, 0.1) is 7.85 Å². The van der Waals surface area contributed by atoms with Gasteiger partial charge in [-0.25, -0.2) is 0 Å². The Kier molecular flexibility index (Phi) is 5.65. The van der Waals surface area contributed by atoms with E-state index in [1.165, 1.54) is 0 Å². The Morgan fingerprint density at radius 1 is 0.870 bits per heavy atom. The number of carbonyl (C=O) groups excluding carboxylic acids is 1. The van der Waals surface area contributed by atoms with E-state index in [0.717, 1.165) is 16.7 Å². The molecule has 0 fully saturated rings. The maximum absolute atomic E-state index is 12.5. The van der Waals surface area contributed by atoms with Crippen LogP contribution in [0.25, 0.3) is 0 Å². The molecule has 0 aliphatic heterocycles. The smallest absolute Gasteiger partial charge is 0.309 e. The van der Waals surface area contributed by atoms with Gasteiger partial charge in [-0.1, -0.05) is 76.2 Å². The average Bonchev–Trinajstić information content (AvgIpc) is 2.54. The van der Waals surface area contributed by atoms with Gasteiger partial charge in [-0.05, 0) is 28.5 Å². The van der Waals surface area contributed by atoms with E-state index in [0.29, 0.717) is 5.75 Å². The fraction of sp³-hybridized carbons (Fsp3) is 0.350. The largest absolute Gasteiger partial charge is 0.426 e. The van der Waals surface area contributed by atoms with E-state index in [-0.39, 0.29) is 11.8 Å². The first-order valence-electron chi connectivity index (χ1n) is 8.06. The molecule has 1 atom stereocenters. The molecule has 2 radical (unpaired) electrons. The molecule has 1 unspecified atom stereocenters. The van der Waals surface area contributed by atoms with Gasteiger partial charge in [0.2, 0.25) is 0 Å². The van der Waals surface area contributed by atoms with Gasteiger partial charge >= 0.3 is 5.97 Å². The van der Waals surface area contributed by atoms with Crippen molar-refractivity contribution < 1.29 is 9.53 Å². The zero-order valence-electron chi connectivity index (χ0n) is 14.2. The molecule has 3 heteroatoms. The minimum Gasteiger partial charge on any atom is -0.426 e. The zero-order valence-corrected chi connectivity index (χ0v) is 14.2. The monoisotopic (exact) mass is 306 g/mol. The van der Waals surface area contributed by atoms with Gasteiger partial charge in [-0.15, -0.1) is 0 Å². The maximum Gasteiger partial charge on any atom is 0.309 e. The van der Waals surface area contributed by atoms with Crippen LogP contribution in [-0.4, -0.2) is 13.8 Å². The van der Waals surface area contributed by atoms with E-state index in [4.69, 9.17) is 12.6 Å². The number of hydrogen-bond acceptors (Lipinski definition) is 2. The van der Waals surface area contributed by atoms with Crippen LogP contribution in [0.1, 0.15) is 62.0 Å². The third-order valence-corrected chi connectivity index (χ3v) is 3.94. The summed E-state index contributed by atoms with van der Waals surface area (Å²) in [4.78, 5) is 12.5. The number of para-hydroxylation sites is 1. The lowest BCUT2D eigenvalue weighted by atomic mass is 9.81. The summed E-state index contributed by atoms with van der Waals surface area (Å²) in [6.45, 7) is 8.36. The Hall–Kier alpha value is -2.03. The highest BCUT2D eigenvalue weighted by Gasteiger charge is 2.22. The highest BCUT2D eigenvalue weighted by Crippen LogP contribution is 2.35. The summed E-state index contributed by atoms with van der Waals surface area (Å²) in [6, 6.07) is 15.3. The first-order chi connectivity index (χ1) is 10.9. The van der Waals surface area contributed by atoms with Crippen molar-refractivity contribution >= 4 is 13.8 Å². The van der Waals surface area contributed by atoms with Gasteiger partial charge in [0.1, 0.15) is 5.75 Å². The van der Waals surface area contributed by atoms with Crippen molar-refractivity contribution in [2.75, 3.05) is 0 Å². The molecule has 23 heavy (non-hydrogen) atoms. The molecule has 2 aromatic carbocycles. The molecule has 0 spiro atoms. The average molecular weight is 306 g/mol. The van der Waals surface area contributed by atoms with Gasteiger partial charge < -0.3 is 4.74 Å². The van der Waals surface area contributed by atoms with Gasteiger partial charge in [0.25, 0.3) is 0 Å². The van der Waals surface area contributed by atoms with Crippen LogP contribution in [0, 0.1) is 0 Å². The van der Waals surface area contributed by atoms with Crippen molar-refractivity contribution in [1.82, 2.24) is 0 Å². The van der Waals surface area contributed by atoms with Gasteiger partial charge in [0.15, 0.2) is 0 Å². The minimum absolute atomic E-state index is 0.268. The number of ether oxygens (including phenoxy) is 1. The van der Waals surface area contributed by atoms with Crippen molar-refractivity contribution in [1.29, 1.82) is 0 Å². The number of rotatable bonds is 5. The normalized spacial score (nSPS) is 12.4. The van der Waals surface area contributed by atoms with Crippen LogP contribution in [0.2, 0.25) is 0 Å². The van der Waals surface area contributed by atoms with Gasteiger partial charge in [0, 0.05) is 5.82 Å². The summed E-state index contributed by atoms with van der Waals surface area (Å²) in [5.74, 6) is -0.00888. The van der Waals surface area contributed by atoms with Crippen molar-refractivity contribution in [2.24, 2.45) is 0 Å². The molecule has 2 rings (SSSR count). The van der Waals surface area contributed by atoms with E-state index < -0.39 is 11.8 Å². The summed E-state index contributed by atoms with van der Waals surface area (Å²) in [7, 11) is 6.06. The minimum atomic E-state index is -0.781. The summed E-state index contributed by atoms with van der Waals surface area (Å²) in [5.41, 5.74) is 2.82. The van der Waals surface area contributed by atoms with Crippen LogP contribution >= 0.6 is 0 Å². The molecule has 0 aliphatic rings. The summed E-state index contributed by atoms with van der Waals surface area (Å²) >= 11 is 0. The summed E-state index contributed by atoms with van der Waals surface area (Å²) in [6.07, 6.45) is 0. The fourth-order valence-corrected chi connectivity index (χ4v) is 2.56. The Morgan fingerprint density at radius 3 is 1.87 bits per heavy atom. The topological polar surface area (TPSA) is 26.3 Å². The molecule has 0 saturated heterocycles. The number of benzene rings is 2. The molecule has 2 aromatic rings. The molecule has 0 N–H and O–H groups in total. The van der Waals surface area contributed by atoms with E-state index in [9.17, 15) is 4.79 Å². The van der Waals surface area contributed by atoms with Crippen molar-refractivity contribution in [2.45, 2.75) is 45.3 Å². The maximum atomic E-state index is 12.5. The predicted octanol–water partition coefficient (Wildman–Crippen LogP) is 4.75. The lowest BCUT2D eigenvalue weighted by Crippen LogP contribution is -2.20. The molecule has 118 valence electrons. The molecular weight excluding hydrogens is 283 g/mol. The third kappa shape index (κ3) is 4.04. The molecule has 0 saturated carbocycles. The molecule has 0 aliphatic carbocycles. The highest BCUT2D eigenvalue weighted by molar-refractivity contribution is 6.23. The second-order valence-corrected chi connectivity index (χ2v) is 6.38. The Bertz CT molecular complexity index is 636. The zero-order chi connectivity index (χ0) is 17.0. The van der Waals surface area contributed by atoms with Crippen LogP contribution in [0.4, 0.5) is 0 Å². The summed E-state index contributed by atoms with van der Waals surface area (Å²) in [5, 5.41) is 0. The van der Waals surface area contributed by atoms with Gasteiger partial charge in [-0.3, -0.25) is 4.79 Å². The van der Waals surface area contributed by atoms with E-state index in [2.05, 4.69) is 27.7 Å². The Balaban J connectivity index is 2.33. The van der Waals surface area contributed by atoms with E-state index in [1.807, 2.05) is 48.5 Å². The van der Waals surface area contributed by atoms with Crippen LogP contribution in [0.3, 0.4) is 0 Å². The molecule has 0 amide bonds. The molecular formula is C20H23BO2. The van der Waals surface area contributed by atoms with Crippen LogP contribution < -0.4 is 4.74 Å². The Morgan fingerprint density at radius 2 is 1.39 bits per heavy atom. The predicted molar refractivity (Wildman–Crippen MR) is 95.2 cm³/mol. The van der Waals surface area contributed by atoms with Crippen molar-refractivity contribution in [3.63, 3.8) is 0 Å². The SMILES string of the molecule is [B]C(C(=O)Oc1c(C(C)C)cccc1C(C)C)c1ccccc1. The number of hydrogen-bond donors (Lipinski definition) is 0. The van der Waals surface area contributed by atoms with Gasteiger partial charge in [-0.2, -0.15) is 0 Å². The fourth-order valence-electron chi connectivity index (χ4n) is 2.56. The first-order valence-corrected chi connectivity index (χ1v) is 8.06. The van der Waals surface area contributed by atoms with Crippen molar-refractivity contribution in [3.8, 4) is 5.75 Å². The molecule has 0 heterocycles. The highest BCUT2D eigenvalue weighted by atomic mass is 16.5. The summed E-state index contributed by atoms with van der Waals surface area (Å²) < 4.78 is 5.75. The van der Waals surface area contributed by atoms with E-state index in [1.54, 1.807) is 0 Å². The van der Waals surface area contributed by atoms with Crippen molar-refractivity contribution in [3.05, 3.63) is 65.2 Å². The lowest BCUT2D eigenvalue weighted by Gasteiger charge is -2.20. The second-order valence-electron chi connectivity index (χ2n) is 6.38. The van der Waals surface area contributed by atoms with E-state index >= 15 is 0 Å². The number of carbonyl (C=O) groups is 1. The molecule has 0 bridgehead atoms. The van der Waals surface area contributed by atoms with Crippen LogP contribution in [0.5, 0.6) is 5.75 Å². The van der Waals surface area contributed by atoms with Crippen LogP contribution in [-0.2, 0) is 4.79 Å².